The van der Waals surface area contributed by atoms with Gasteiger partial charge < -0.3 is 14.8 Å². The monoisotopic (exact) mass is 351 g/mol. The van der Waals surface area contributed by atoms with E-state index in [2.05, 4.69) is 24.4 Å². The highest BCUT2D eigenvalue weighted by Gasteiger charge is 2.34. The van der Waals surface area contributed by atoms with Crippen LogP contribution in [0.3, 0.4) is 0 Å². The molecule has 0 bridgehead atoms. The van der Waals surface area contributed by atoms with Gasteiger partial charge in [-0.05, 0) is 49.6 Å². The van der Waals surface area contributed by atoms with Gasteiger partial charge >= 0.3 is 0 Å². The Labute approximate surface area is 149 Å². The molecule has 0 spiro atoms. The molecule has 4 nitrogen and oxygen atoms in total. The number of thioether (sulfide) groups is 1. The van der Waals surface area contributed by atoms with Crippen molar-refractivity contribution in [3.05, 3.63) is 29.8 Å². The minimum absolute atomic E-state index is 0.0337. The van der Waals surface area contributed by atoms with Gasteiger partial charge in [-0.15, -0.1) is 0 Å². The van der Waals surface area contributed by atoms with Crippen LogP contribution < -0.4 is 10.1 Å². The molecule has 0 aliphatic carbocycles. The molecule has 1 amide bonds. The van der Waals surface area contributed by atoms with Crippen LogP contribution in [-0.2, 0) is 14.9 Å². The standard InChI is InChI=1S/C19H29NO3S/c1-3-13-24-14-18(21)20-15-19(9-11-22-12-10-19)16-5-7-17(8-6-16)23-4-2/h5-8H,3-4,9-15H2,1-2H3,(H,20,21). The van der Waals surface area contributed by atoms with E-state index in [1.807, 2.05) is 19.1 Å². The van der Waals surface area contributed by atoms with Gasteiger partial charge in [0.25, 0.3) is 0 Å². The van der Waals surface area contributed by atoms with Crippen LogP contribution in [0.2, 0.25) is 0 Å². The number of benzene rings is 1. The number of hydrogen-bond acceptors (Lipinski definition) is 4. The molecule has 0 radical (unpaired) electrons. The zero-order valence-electron chi connectivity index (χ0n) is 14.8. The van der Waals surface area contributed by atoms with Crippen LogP contribution in [0.15, 0.2) is 24.3 Å². The second-order valence-electron chi connectivity index (χ2n) is 6.18. The van der Waals surface area contributed by atoms with Crippen molar-refractivity contribution < 1.29 is 14.3 Å². The van der Waals surface area contributed by atoms with E-state index in [-0.39, 0.29) is 11.3 Å². The summed E-state index contributed by atoms with van der Waals surface area (Å²) in [5.74, 6) is 2.60. The van der Waals surface area contributed by atoms with Crippen molar-refractivity contribution in [3.63, 3.8) is 0 Å². The highest BCUT2D eigenvalue weighted by Crippen LogP contribution is 2.35. The summed E-state index contributed by atoms with van der Waals surface area (Å²) in [5, 5.41) is 3.14. The van der Waals surface area contributed by atoms with E-state index >= 15 is 0 Å². The third kappa shape index (κ3) is 5.42. The van der Waals surface area contributed by atoms with Crippen molar-refractivity contribution in [2.45, 2.75) is 38.5 Å². The van der Waals surface area contributed by atoms with Crippen molar-refractivity contribution in [1.82, 2.24) is 5.32 Å². The van der Waals surface area contributed by atoms with Crippen LogP contribution in [0.1, 0.15) is 38.7 Å². The molecule has 1 fully saturated rings. The van der Waals surface area contributed by atoms with Crippen molar-refractivity contribution in [1.29, 1.82) is 0 Å². The molecule has 0 saturated carbocycles. The van der Waals surface area contributed by atoms with E-state index in [0.717, 1.165) is 44.0 Å². The Bertz CT molecular complexity index is 498. The van der Waals surface area contributed by atoms with E-state index in [9.17, 15) is 4.79 Å². The molecule has 134 valence electrons. The second kappa shape index (κ2) is 9.94. The van der Waals surface area contributed by atoms with Gasteiger partial charge in [0.05, 0.1) is 12.4 Å². The largest absolute Gasteiger partial charge is 0.494 e. The molecule has 1 aliphatic heterocycles. The second-order valence-corrected chi connectivity index (χ2v) is 7.28. The van der Waals surface area contributed by atoms with Crippen LogP contribution in [-0.4, -0.2) is 43.8 Å². The molecular formula is C19H29NO3S. The van der Waals surface area contributed by atoms with Gasteiger partial charge in [-0.2, -0.15) is 11.8 Å². The van der Waals surface area contributed by atoms with Crippen LogP contribution in [0.4, 0.5) is 0 Å². The Kier molecular flexibility index (Phi) is 7.92. The van der Waals surface area contributed by atoms with Crippen molar-refractivity contribution >= 4 is 17.7 Å². The van der Waals surface area contributed by atoms with Crippen LogP contribution >= 0.6 is 11.8 Å². The molecule has 24 heavy (non-hydrogen) atoms. The highest BCUT2D eigenvalue weighted by molar-refractivity contribution is 7.99. The fraction of sp³-hybridized carbons (Fsp3) is 0.632. The maximum absolute atomic E-state index is 12.1. The minimum atomic E-state index is -0.0337. The van der Waals surface area contributed by atoms with Gasteiger partial charge in [-0.1, -0.05) is 19.1 Å². The molecule has 0 unspecified atom stereocenters. The molecule has 5 heteroatoms. The Hall–Kier alpha value is -1.20. The molecule has 1 aliphatic rings. The topological polar surface area (TPSA) is 47.6 Å². The van der Waals surface area contributed by atoms with E-state index in [0.29, 0.717) is 18.9 Å². The lowest BCUT2D eigenvalue weighted by molar-refractivity contribution is -0.119. The van der Waals surface area contributed by atoms with Crippen LogP contribution in [0.5, 0.6) is 5.75 Å². The van der Waals surface area contributed by atoms with E-state index in [4.69, 9.17) is 9.47 Å². The van der Waals surface area contributed by atoms with E-state index in [1.54, 1.807) is 11.8 Å². The zero-order valence-corrected chi connectivity index (χ0v) is 15.6. The predicted octanol–water partition coefficient (Wildman–Crippen LogP) is 3.39. The summed E-state index contributed by atoms with van der Waals surface area (Å²) < 4.78 is 11.1. The number of hydrogen-bond donors (Lipinski definition) is 1. The summed E-state index contributed by atoms with van der Waals surface area (Å²) in [6.45, 7) is 6.95. The average Bonchev–Trinajstić information content (AvgIpc) is 2.62. The van der Waals surface area contributed by atoms with Gasteiger partial charge in [-0.3, -0.25) is 4.79 Å². The number of carbonyl (C=O) groups is 1. The number of ether oxygens (including phenoxy) is 2. The first-order valence-electron chi connectivity index (χ1n) is 8.85. The Morgan fingerprint density at radius 2 is 1.96 bits per heavy atom. The molecule has 1 saturated heterocycles. The molecule has 2 rings (SSSR count). The summed E-state index contributed by atoms with van der Waals surface area (Å²) >= 11 is 1.70. The summed E-state index contributed by atoms with van der Waals surface area (Å²) in [5.41, 5.74) is 1.23. The average molecular weight is 352 g/mol. The van der Waals surface area contributed by atoms with E-state index in [1.165, 1.54) is 5.56 Å². The fourth-order valence-electron chi connectivity index (χ4n) is 3.03. The van der Waals surface area contributed by atoms with Gasteiger partial charge in [0.15, 0.2) is 0 Å². The third-order valence-electron chi connectivity index (χ3n) is 4.43. The summed E-state index contributed by atoms with van der Waals surface area (Å²) in [7, 11) is 0. The highest BCUT2D eigenvalue weighted by atomic mass is 32.2. The Morgan fingerprint density at radius 1 is 1.25 bits per heavy atom. The van der Waals surface area contributed by atoms with E-state index < -0.39 is 0 Å². The summed E-state index contributed by atoms with van der Waals surface area (Å²) in [4.78, 5) is 12.1. The number of amides is 1. The lowest BCUT2D eigenvalue weighted by Crippen LogP contribution is -2.45. The fourth-order valence-corrected chi connectivity index (χ4v) is 3.75. The predicted molar refractivity (Wildman–Crippen MR) is 100.0 cm³/mol. The smallest absolute Gasteiger partial charge is 0.230 e. The molecule has 0 atom stereocenters. The first kappa shape index (κ1) is 19.1. The van der Waals surface area contributed by atoms with Gasteiger partial charge in [0.1, 0.15) is 5.75 Å². The molecule has 1 heterocycles. The first-order chi connectivity index (χ1) is 11.7. The third-order valence-corrected chi connectivity index (χ3v) is 5.60. The van der Waals surface area contributed by atoms with Gasteiger partial charge in [0, 0.05) is 25.2 Å². The molecule has 1 N–H and O–H groups in total. The molecule has 0 aromatic heterocycles. The number of carbonyl (C=O) groups excluding carboxylic acids is 1. The van der Waals surface area contributed by atoms with Gasteiger partial charge in [0.2, 0.25) is 5.91 Å². The normalized spacial score (nSPS) is 16.6. The Morgan fingerprint density at radius 3 is 2.58 bits per heavy atom. The maximum Gasteiger partial charge on any atom is 0.230 e. The van der Waals surface area contributed by atoms with Crippen molar-refractivity contribution in [2.24, 2.45) is 0 Å². The molecular weight excluding hydrogens is 322 g/mol. The van der Waals surface area contributed by atoms with Crippen molar-refractivity contribution in [3.8, 4) is 5.75 Å². The number of rotatable bonds is 9. The molecule has 1 aromatic rings. The summed E-state index contributed by atoms with van der Waals surface area (Å²) in [6, 6.07) is 8.31. The lowest BCUT2D eigenvalue weighted by atomic mass is 9.74. The maximum atomic E-state index is 12.1. The first-order valence-corrected chi connectivity index (χ1v) is 10.0. The minimum Gasteiger partial charge on any atom is -0.494 e. The SMILES string of the molecule is CCCSCC(=O)NCC1(c2ccc(OCC)cc2)CCOCC1. The molecule has 1 aromatic carbocycles. The van der Waals surface area contributed by atoms with Crippen LogP contribution in [0, 0.1) is 0 Å². The summed E-state index contributed by atoms with van der Waals surface area (Å²) in [6.07, 6.45) is 2.97. The number of nitrogens with one attached hydrogen (secondary N) is 1. The Balaban J connectivity index is 2.01. The van der Waals surface area contributed by atoms with Crippen molar-refractivity contribution in [2.75, 3.05) is 37.9 Å². The zero-order chi connectivity index (χ0) is 17.3. The lowest BCUT2D eigenvalue weighted by Gasteiger charge is -2.38. The van der Waals surface area contributed by atoms with Gasteiger partial charge in [-0.25, -0.2) is 0 Å². The quantitative estimate of drug-likeness (QED) is 0.693. The van der Waals surface area contributed by atoms with Crippen LogP contribution in [0.25, 0.3) is 0 Å².